The second kappa shape index (κ2) is 13.5. The van der Waals surface area contributed by atoms with E-state index in [2.05, 4.69) is 15.5 Å². The number of benzene rings is 3. The summed E-state index contributed by atoms with van der Waals surface area (Å²) in [5, 5.41) is 15.3. The van der Waals surface area contributed by atoms with Gasteiger partial charge in [0.25, 0.3) is 11.8 Å². The van der Waals surface area contributed by atoms with E-state index in [4.69, 9.17) is 4.74 Å². The number of amides is 3. The van der Waals surface area contributed by atoms with Gasteiger partial charge < -0.3 is 30.3 Å². The van der Waals surface area contributed by atoms with Gasteiger partial charge in [-0.25, -0.2) is 4.79 Å². The third-order valence-corrected chi connectivity index (χ3v) is 6.98. The first kappa shape index (κ1) is 29.1. The highest BCUT2D eigenvalue weighted by molar-refractivity contribution is 6.07. The molecule has 214 valence electrons. The number of nitrogens with zero attached hydrogens (tertiary/aromatic N) is 2. The topological polar surface area (TPSA) is 128 Å². The summed E-state index contributed by atoms with van der Waals surface area (Å²) in [6, 6.07) is 20.4. The molecule has 1 aliphatic rings. The number of carboxylic acid groups (broad SMARTS) is 1. The molecule has 0 spiro atoms. The Morgan fingerprint density at radius 2 is 1.61 bits per heavy atom. The fourth-order valence-electron chi connectivity index (χ4n) is 4.77. The van der Waals surface area contributed by atoms with Crippen LogP contribution in [0, 0.1) is 6.92 Å². The number of aliphatic carboxylic acids is 1. The lowest BCUT2D eigenvalue weighted by molar-refractivity contribution is -0.137. The Hall–Kier alpha value is -4.86. The summed E-state index contributed by atoms with van der Waals surface area (Å²) in [5.74, 6) is -1.84. The molecular weight excluding hydrogens is 524 g/mol. The van der Waals surface area contributed by atoms with Crippen LogP contribution in [-0.4, -0.2) is 67.2 Å². The van der Waals surface area contributed by atoms with Gasteiger partial charge >= 0.3 is 12.1 Å². The van der Waals surface area contributed by atoms with Crippen molar-refractivity contribution in [2.75, 3.05) is 43.5 Å². The van der Waals surface area contributed by atoms with Crippen molar-refractivity contribution in [1.29, 1.82) is 0 Å². The minimum atomic E-state index is -1.04. The van der Waals surface area contributed by atoms with Gasteiger partial charge in [0.15, 0.2) is 0 Å². The lowest BCUT2D eigenvalue weighted by Gasteiger charge is -2.26. The van der Waals surface area contributed by atoms with E-state index < -0.39 is 17.9 Å². The third-order valence-electron chi connectivity index (χ3n) is 6.98. The average molecular weight is 559 g/mol. The SMILES string of the molecule is COC(=O)N1CCCN(c2ccc(C(=O)NC(CC(=O)O)c3ccc(C)cc3)cc2NC(=O)c2ccccc2)CC1. The molecule has 10 nitrogen and oxygen atoms in total. The molecule has 1 heterocycles. The first-order valence-electron chi connectivity index (χ1n) is 13.4. The number of hydrogen-bond acceptors (Lipinski definition) is 6. The maximum absolute atomic E-state index is 13.4. The predicted octanol–water partition coefficient (Wildman–Crippen LogP) is 4.47. The van der Waals surface area contributed by atoms with E-state index in [0.29, 0.717) is 55.1 Å². The van der Waals surface area contributed by atoms with Crippen molar-refractivity contribution in [3.8, 4) is 0 Å². The van der Waals surface area contributed by atoms with Gasteiger partial charge in [-0.3, -0.25) is 14.4 Å². The number of methoxy groups -OCH3 is 1. The van der Waals surface area contributed by atoms with Crippen molar-refractivity contribution in [1.82, 2.24) is 10.2 Å². The number of aryl methyl sites for hydroxylation is 1. The lowest BCUT2D eigenvalue weighted by Crippen LogP contribution is -2.35. The smallest absolute Gasteiger partial charge is 0.409 e. The molecule has 1 atom stereocenters. The maximum atomic E-state index is 13.4. The van der Waals surface area contributed by atoms with Crippen molar-refractivity contribution >= 4 is 35.3 Å². The van der Waals surface area contributed by atoms with Crippen LogP contribution in [0.25, 0.3) is 0 Å². The quantitative estimate of drug-likeness (QED) is 0.372. The molecule has 3 N–H and O–H groups in total. The van der Waals surface area contributed by atoms with Crippen LogP contribution >= 0.6 is 0 Å². The Labute approximate surface area is 238 Å². The van der Waals surface area contributed by atoms with E-state index in [0.717, 1.165) is 5.56 Å². The number of rotatable bonds is 8. The van der Waals surface area contributed by atoms with Gasteiger partial charge in [-0.1, -0.05) is 48.0 Å². The van der Waals surface area contributed by atoms with Crippen molar-refractivity contribution in [3.63, 3.8) is 0 Å². The molecule has 10 heteroatoms. The molecule has 4 rings (SSSR count). The second-order valence-corrected chi connectivity index (χ2v) is 9.88. The van der Waals surface area contributed by atoms with Crippen LogP contribution in [0.1, 0.15) is 50.7 Å². The molecule has 0 saturated carbocycles. The largest absolute Gasteiger partial charge is 0.481 e. The molecule has 1 saturated heterocycles. The van der Waals surface area contributed by atoms with Crippen molar-refractivity contribution in [3.05, 3.63) is 95.1 Å². The van der Waals surface area contributed by atoms with Crippen molar-refractivity contribution < 1.29 is 29.0 Å². The highest BCUT2D eigenvalue weighted by atomic mass is 16.5. The number of ether oxygens (including phenoxy) is 1. The van der Waals surface area contributed by atoms with Gasteiger partial charge in [-0.2, -0.15) is 0 Å². The van der Waals surface area contributed by atoms with Crippen LogP contribution in [0.3, 0.4) is 0 Å². The fourth-order valence-corrected chi connectivity index (χ4v) is 4.77. The number of nitrogens with one attached hydrogen (secondary N) is 2. The maximum Gasteiger partial charge on any atom is 0.409 e. The van der Waals surface area contributed by atoms with Gasteiger partial charge in [0.2, 0.25) is 0 Å². The summed E-state index contributed by atoms with van der Waals surface area (Å²) >= 11 is 0. The molecule has 0 radical (unpaired) electrons. The van der Waals surface area contributed by atoms with E-state index in [9.17, 15) is 24.3 Å². The molecule has 3 aromatic carbocycles. The Kier molecular flexibility index (Phi) is 9.57. The highest BCUT2D eigenvalue weighted by Crippen LogP contribution is 2.30. The van der Waals surface area contributed by atoms with Gasteiger partial charge in [0.05, 0.1) is 30.9 Å². The zero-order valence-electron chi connectivity index (χ0n) is 23.1. The van der Waals surface area contributed by atoms with E-state index in [1.54, 1.807) is 59.5 Å². The molecule has 0 aromatic heterocycles. The summed E-state index contributed by atoms with van der Waals surface area (Å²) in [4.78, 5) is 53.9. The number of hydrogen-bond donors (Lipinski definition) is 3. The minimum absolute atomic E-state index is 0.269. The average Bonchev–Trinajstić information content (AvgIpc) is 3.23. The summed E-state index contributed by atoms with van der Waals surface area (Å²) in [7, 11) is 1.35. The lowest BCUT2D eigenvalue weighted by atomic mass is 10.0. The van der Waals surface area contributed by atoms with Crippen LogP contribution in [-0.2, 0) is 9.53 Å². The molecule has 1 fully saturated rings. The first-order valence-corrected chi connectivity index (χ1v) is 13.4. The van der Waals surface area contributed by atoms with Gasteiger partial charge in [0.1, 0.15) is 0 Å². The van der Waals surface area contributed by atoms with E-state index in [1.165, 1.54) is 7.11 Å². The second-order valence-electron chi connectivity index (χ2n) is 9.88. The van der Waals surface area contributed by atoms with Gasteiger partial charge in [-0.15, -0.1) is 0 Å². The normalized spacial score (nSPS) is 14.0. The number of carbonyl (C=O) groups is 4. The van der Waals surface area contributed by atoms with Crippen LogP contribution < -0.4 is 15.5 Å². The highest BCUT2D eigenvalue weighted by Gasteiger charge is 2.24. The molecule has 3 amide bonds. The zero-order valence-corrected chi connectivity index (χ0v) is 23.1. The van der Waals surface area contributed by atoms with Crippen LogP contribution in [0.5, 0.6) is 0 Å². The third kappa shape index (κ3) is 7.63. The molecular formula is C31H34N4O6. The Bertz CT molecular complexity index is 1390. The summed E-state index contributed by atoms with van der Waals surface area (Å²) in [6.45, 7) is 4.04. The minimum Gasteiger partial charge on any atom is -0.481 e. The number of carbonyl (C=O) groups excluding carboxylic acids is 3. The van der Waals surface area contributed by atoms with Crippen LogP contribution in [0.4, 0.5) is 16.2 Å². The van der Waals surface area contributed by atoms with Gasteiger partial charge in [0, 0.05) is 37.3 Å². The fraction of sp³-hybridized carbons (Fsp3) is 0.290. The molecule has 41 heavy (non-hydrogen) atoms. The van der Waals surface area contributed by atoms with E-state index in [-0.39, 0.29) is 24.0 Å². The van der Waals surface area contributed by atoms with E-state index in [1.807, 2.05) is 25.1 Å². The Morgan fingerprint density at radius 3 is 2.29 bits per heavy atom. The summed E-state index contributed by atoms with van der Waals surface area (Å²) in [6.07, 6.45) is 0.0205. The Balaban J connectivity index is 1.62. The van der Waals surface area contributed by atoms with E-state index >= 15 is 0 Å². The molecule has 3 aromatic rings. The number of carboxylic acids is 1. The van der Waals surface area contributed by atoms with Crippen LogP contribution in [0.15, 0.2) is 72.8 Å². The molecule has 0 aliphatic carbocycles. The summed E-state index contributed by atoms with van der Waals surface area (Å²) < 4.78 is 4.88. The zero-order chi connectivity index (χ0) is 29.4. The molecule has 0 bridgehead atoms. The van der Waals surface area contributed by atoms with Gasteiger partial charge in [-0.05, 0) is 49.2 Å². The monoisotopic (exact) mass is 558 g/mol. The van der Waals surface area contributed by atoms with Crippen molar-refractivity contribution in [2.45, 2.75) is 25.8 Å². The van der Waals surface area contributed by atoms with Crippen molar-refractivity contribution in [2.24, 2.45) is 0 Å². The Morgan fingerprint density at radius 1 is 0.878 bits per heavy atom. The molecule has 1 unspecified atom stereocenters. The predicted molar refractivity (Wildman–Crippen MR) is 155 cm³/mol. The standard InChI is InChI=1S/C31H34N4O6/c1-21-9-11-22(12-10-21)25(20-28(36)37)32-30(39)24-13-14-27(34-15-6-16-35(18-17-34)31(40)41-2)26(19-24)33-29(38)23-7-4-3-5-8-23/h3-5,7-14,19,25H,6,15-18,20H2,1-2H3,(H,32,39)(H,33,38)(H,36,37). The van der Waals surface area contributed by atoms with Crippen LogP contribution in [0.2, 0.25) is 0 Å². The first-order chi connectivity index (χ1) is 19.7. The summed E-state index contributed by atoms with van der Waals surface area (Å²) in [5.41, 5.74) is 3.57. The molecule has 1 aliphatic heterocycles. The number of anilines is 2.